The maximum absolute atomic E-state index is 13.3. The maximum Gasteiger partial charge on any atom is 0.338 e. The third-order valence-corrected chi connectivity index (χ3v) is 4.47. The monoisotopic (exact) mass is 344 g/mol. The Hall–Kier alpha value is -2.63. The summed E-state index contributed by atoms with van der Waals surface area (Å²) in [6.07, 6.45) is 2.54. The van der Waals surface area contributed by atoms with Gasteiger partial charge in [-0.25, -0.2) is 9.18 Å². The molecule has 1 unspecified atom stereocenters. The van der Waals surface area contributed by atoms with E-state index in [2.05, 4.69) is 5.32 Å². The minimum Gasteiger partial charge on any atom is -0.462 e. The second-order valence-corrected chi connectivity index (χ2v) is 6.24. The number of ketones is 1. The van der Waals surface area contributed by atoms with Gasteiger partial charge in [-0.1, -0.05) is 19.1 Å². The van der Waals surface area contributed by atoms with Gasteiger partial charge in [-0.05, 0) is 37.0 Å². The number of halogens is 1. The molecule has 1 aliphatic carbocycles. The first-order valence-corrected chi connectivity index (χ1v) is 8.48. The summed E-state index contributed by atoms with van der Waals surface area (Å²) in [5, 5.41) is 3.01. The van der Waals surface area contributed by atoms with E-state index in [-0.39, 0.29) is 29.6 Å². The number of dihydropyridines is 1. The van der Waals surface area contributed by atoms with Gasteiger partial charge in [-0.15, -0.1) is 0 Å². The molecule has 2 aliphatic rings. The minimum absolute atomic E-state index is 0.0173. The molecule has 0 saturated heterocycles. The van der Waals surface area contributed by atoms with Gasteiger partial charge >= 0.3 is 5.97 Å². The summed E-state index contributed by atoms with van der Waals surface area (Å²) in [4.78, 5) is 25.2. The van der Waals surface area contributed by atoms with E-state index >= 15 is 0 Å². The largest absolute Gasteiger partial charge is 0.462 e. The number of allylic oxidation sites excluding steroid dienone is 2. The molecule has 25 heavy (non-hydrogen) atoms. The molecule has 0 bridgehead atoms. The third-order valence-electron chi connectivity index (χ3n) is 4.47. The van der Waals surface area contributed by atoms with E-state index in [0.717, 1.165) is 12.1 Å². The number of hydrogen-bond acceptors (Lipinski definition) is 5. The van der Waals surface area contributed by atoms with Gasteiger partial charge in [0.2, 0.25) is 0 Å². The molecule has 0 radical (unpaired) electrons. The zero-order valence-electron chi connectivity index (χ0n) is 14.1. The lowest BCUT2D eigenvalue weighted by Gasteiger charge is -2.33. The van der Waals surface area contributed by atoms with Gasteiger partial charge in [-0.2, -0.15) is 0 Å². The van der Waals surface area contributed by atoms with Gasteiger partial charge in [-0.3, -0.25) is 4.79 Å². The quantitative estimate of drug-likeness (QED) is 0.821. The van der Waals surface area contributed by atoms with Crippen molar-refractivity contribution in [1.29, 1.82) is 0 Å². The summed E-state index contributed by atoms with van der Waals surface area (Å²) in [6, 6.07) is 5.79. The third kappa shape index (κ3) is 3.29. The van der Waals surface area contributed by atoms with Crippen LogP contribution < -0.4 is 11.1 Å². The van der Waals surface area contributed by atoms with Crippen molar-refractivity contribution in [3.8, 4) is 0 Å². The van der Waals surface area contributed by atoms with E-state index in [1.54, 1.807) is 12.1 Å². The Morgan fingerprint density at radius 2 is 2.04 bits per heavy atom. The van der Waals surface area contributed by atoms with Crippen molar-refractivity contribution < 1.29 is 18.7 Å². The Morgan fingerprint density at radius 3 is 2.72 bits per heavy atom. The highest BCUT2D eigenvalue weighted by Gasteiger charge is 2.39. The molecule has 6 heteroatoms. The highest BCUT2D eigenvalue weighted by molar-refractivity contribution is 6.03. The molecular weight excluding hydrogens is 323 g/mol. The Bertz CT molecular complexity index is 765. The van der Waals surface area contributed by atoms with Crippen LogP contribution in [0.3, 0.4) is 0 Å². The lowest BCUT2D eigenvalue weighted by Crippen LogP contribution is -2.38. The van der Waals surface area contributed by atoms with E-state index < -0.39 is 11.9 Å². The maximum atomic E-state index is 13.3. The van der Waals surface area contributed by atoms with Crippen LogP contribution in [0.1, 0.15) is 44.1 Å². The van der Waals surface area contributed by atoms with Gasteiger partial charge < -0.3 is 15.8 Å². The number of esters is 1. The van der Waals surface area contributed by atoms with Crippen LogP contribution in [-0.4, -0.2) is 18.4 Å². The average molecular weight is 344 g/mol. The van der Waals surface area contributed by atoms with Crippen LogP contribution in [0.15, 0.2) is 46.9 Å². The molecule has 1 aromatic rings. The summed E-state index contributed by atoms with van der Waals surface area (Å²) in [5.74, 6) is -1.38. The minimum atomic E-state index is -0.631. The normalized spacial score (nSPS) is 20.2. The zero-order chi connectivity index (χ0) is 18.0. The molecule has 1 atom stereocenters. The number of ether oxygens (including phenoxy) is 1. The summed E-state index contributed by atoms with van der Waals surface area (Å²) >= 11 is 0. The molecular formula is C19H21FN2O3. The van der Waals surface area contributed by atoms with Crippen molar-refractivity contribution in [3.05, 3.63) is 58.3 Å². The second kappa shape index (κ2) is 7.09. The van der Waals surface area contributed by atoms with Crippen molar-refractivity contribution in [2.24, 2.45) is 5.73 Å². The molecule has 1 aliphatic heterocycles. The van der Waals surface area contributed by atoms with Gasteiger partial charge in [0.25, 0.3) is 0 Å². The standard InChI is InChI=1S/C19H21FN2O3/c1-2-10-25-19(24)17-15(11-6-8-12(20)9-7-11)16-13(22-18(17)21)4-3-5-14(16)23/h6-9,15,22H,2-5,10,21H2,1H3. The molecule has 0 fully saturated rings. The van der Waals surface area contributed by atoms with Gasteiger partial charge in [0.05, 0.1) is 18.1 Å². The number of carbonyl (C=O) groups excluding carboxylic acids is 2. The van der Waals surface area contributed by atoms with Crippen molar-refractivity contribution in [3.63, 3.8) is 0 Å². The fraction of sp³-hybridized carbons (Fsp3) is 0.368. The van der Waals surface area contributed by atoms with E-state index in [9.17, 15) is 14.0 Å². The van der Waals surface area contributed by atoms with E-state index in [0.29, 0.717) is 30.4 Å². The summed E-state index contributed by atoms with van der Waals surface area (Å²) in [6.45, 7) is 2.17. The number of nitrogens with one attached hydrogen (secondary N) is 1. The van der Waals surface area contributed by atoms with Crippen molar-refractivity contribution >= 4 is 11.8 Å². The van der Waals surface area contributed by atoms with Crippen LogP contribution >= 0.6 is 0 Å². The van der Waals surface area contributed by atoms with Crippen molar-refractivity contribution in [1.82, 2.24) is 5.32 Å². The van der Waals surface area contributed by atoms with Crippen LogP contribution in [0.5, 0.6) is 0 Å². The van der Waals surface area contributed by atoms with Crippen LogP contribution in [-0.2, 0) is 14.3 Å². The lowest BCUT2D eigenvalue weighted by molar-refractivity contribution is -0.139. The van der Waals surface area contributed by atoms with Crippen LogP contribution in [0.25, 0.3) is 0 Å². The zero-order valence-corrected chi connectivity index (χ0v) is 14.1. The molecule has 0 amide bonds. The van der Waals surface area contributed by atoms with Crippen LogP contribution in [0, 0.1) is 5.82 Å². The van der Waals surface area contributed by atoms with E-state index in [1.807, 2.05) is 6.92 Å². The van der Waals surface area contributed by atoms with Crippen molar-refractivity contribution in [2.75, 3.05) is 6.61 Å². The molecule has 1 heterocycles. The number of benzene rings is 1. The number of hydrogen-bond donors (Lipinski definition) is 2. The van der Waals surface area contributed by atoms with Crippen molar-refractivity contribution in [2.45, 2.75) is 38.5 Å². The highest BCUT2D eigenvalue weighted by atomic mass is 19.1. The van der Waals surface area contributed by atoms with E-state index in [4.69, 9.17) is 10.5 Å². The van der Waals surface area contributed by atoms with E-state index in [1.165, 1.54) is 12.1 Å². The number of rotatable bonds is 4. The smallest absolute Gasteiger partial charge is 0.338 e. The van der Waals surface area contributed by atoms with Gasteiger partial charge in [0.15, 0.2) is 5.78 Å². The second-order valence-electron chi connectivity index (χ2n) is 6.24. The fourth-order valence-electron chi connectivity index (χ4n) is 3.35. The topological polar surface area (TPSA) is 81.4 Å². The van der Waals surface area contributed by atoms with Gasteiger partial charge in [0, 0.05) is 17.7 Å². The van der Waals surface area contributed by atoms with Gasteiger partial charge in [0.1, 0.15) is 11.6 Å². The Morgan fingerprint density at radius 1 is 1.32 bits per heavy atom. The summed E-state index contributed by atoms with van der Waals surface area (Å²) in [5.41, 5.74) is 8.26. The lowest BCUT2D eigenvalue weighted by atomic mass is 9.76. The van der Waals surface area contributed by atoms with Crippen LogP contribution in [0.4, 0.5) is 4.39 Å². The number of nitrogens with two attached hydrogens (primary N) is 1. The fourth-order valence-corrected chi connectivity index (χ4v) is 3.35. The molecule has 3 N–H and O–H groups in total. The molecule has 1 aromatic carbocycles. The molecule has 132 valence electrons. The SMILES string of the molecule is CCCOC(=O)C1=C(N)NC2=C(C(=O)CCC2)C1c1ccc(F)cc1. The molecule has 0 aromatic heterocycles. The number of Topliss-reactive ketones (excluding diaryl/α,β-unsaturated/α-hetero) is 1. The first kappa shape index (κ1) is 17.2. The summed E-state index contributed by atoms with van der Waals surface area (Å²) in [7, 11) is 0. The predicted molar refractivity (Wildman–Crippen MR) is 90.6 cm³/mol. The molecule has 3 rings (SSSR count). The molecule has 0 saturated carbocycles. The Labute approximate surface area is 145 Å². The van der Waals surface area contributed by atoms with Crippen LogP contribution in [0.2, 0.25) is 0 Å². The number of carbonyl (C=O) groups is 2. The summed E-state index contributed by atoms with van der Waals surface area (Å²) < 4.78 is 18.6. The molecule has 5 nitrogen and oxygen atoms in total. The molecule has 0 spiro atoms. The predicted octanol–water partition coefficient (Wildman–Crippen LogP) is 2.64. The highest BCUT2D eigenvalue weighted by Crippen LogP contribution is 2.41. The Balaban J connectivity index is 2.10. The first-order valence-electron chi connectivity index (χ1n) is 8.48. The average Bonchev–Trinajstić information content (AvgIpc) is 2.59. The first-order chi connectivity index (χ1) is 12.0. The Kier molecular flexibility index (Phi) is 4.88.